The Bertz CT molecular complexity index is 511. The molecule has 1 nitrogen and oxygen atoms in total. The topological polar surface area (TPSA) is 9.23 Å². The lowest BCUT2D eigenvalue weighted by Gasteiger charge is -2.17. The van der Waals surface area contributed by atoms with E-state index in [-0.39, 0.29) is 5.92 Å². The van der Waals surface area contributed by atoms with Gasteiger partial charge in [0, 0.05) is 11.2 Å². The van der Waals surface area contributed by atoms with Crippen molar-refractivity contribution >= 4 is 39.1 Å². The predicted molar refractivity (Wildman–Crippen MR) is 84.9 cm³/mol. The molecule has 100 valence electrons. The van der Waals surface area contributed by atoms with Crippen LogP contribution >= 0.6 is 39.1 Å². The highest BCUT2D eigenvalue weighted by molar-refractivity contribution is 9.09. The second-order valence-electron chi connectivity index (χ2n) is 4.12. The first kappa shape index (κ1) is 14.7. The van der Waals surface area contributed by atoms with Crippen LogP contribution in [0.5, 0.6) is 5.75 Å². The van der Waals surface area contributed by atoms with Crippen molar-refractivity contribution in [2.24, 2.45) is 0 Å². The summed E-state index contributed by atoms with van der Waals surface area (Å²) in [6.45, 7) is 0.527. The van der Waals surface area contributed by atoms with Gasteiger partial charge in [0.25, 0.3) is 0 Å². The molecule has 1 unspecified atom stereocenters. The van der Waals surface area contributed by atoms with Crippen LogP contribution in [-0.2, 0) is 0 Å². The monoisotopic (exact) mass is 358 g/mol. The lowest BCUT2D eigenvalue weighted by atomic mass is 10.0. The second-order valence-corrected chi connectivity index (χ2v) is 5.59. The first-order chi connectivity index (χ1) is 9.22. The molecule has 0 N–H and O–H groups in total. The van der Waals surface area contributed by atoms with Gasteiger partial charge in [0.15, 0.2) is 5.75 Å². The summed E-state index contributed by atoms with van der Waals surface area (Å²) in [7, 11) is 0. The lowest BCUT2D eigenvalue weighted by molar-refractivity contribution is 0.298. The summed E-state index contributed by atoms with van der Waals surface area (Å²) in [6, 6.07) is 15.6. The highest BCUT2D eigenvalue weighted by Crippen LogP contribution is 2.33. The van der Waals surface area contributed by atoms with Crippen LogP contribution in [0.15, 0.2) is 48.5 Å². The van der Waals surface area contributed by atoms with Crippen LogP contribution in [0.1, 0.15) is 11.5 Å². The van der Waals surface area contributed by atoms with E-state index in [4.69, 9.17) is 27.9 Å². The zero-order valence-corrected chi connectivity index (χ0v) is 13.3. The molecule has 0 saturated heterocycles. The Hall–Kier alpha value is -0.700. The summed E-state index contributed by atoms with van der Waals surface area (Å²) in [5, 5.41) is 1.89. The predicted octanol–water partition coefficient (Wildman–Crippen LogP) is 5.55. The molecular formula is C15H13BrCl2O. The number of alkyl halides is 1. The normalized spacial score (nSPS) is 12.2. The van der Waals surface area contributed by atoms with Gasteiger partial charge < -0.3 is 4.74 Å². The molecule has 0 aromatic heterocycles. The number of halogens is 3. The van der Waals surface area contributed by atoms with Gasteiger partial charge in [-0.1, -0.05) is 75.5 Å². The highest BCUT2D eigenvalue weighted by Gasteiger charge is 2.13. The molecule has 0 amide bonds. The third kappa shape index (κ3) is 3.88. The molecular weight excluding hydrogens is 347 g/mol. The van der Waals surface area contributed by atoms with Gasteiger partial charge in [-0.2, -0.15) is 0 Å². The maximum absolute atomic E-state index is 6.08. The number of ether oxygens (including phenoxy) is 1. The molecule has 0 saturated carbocycles. The second kappa shape index (κ2) is 7.18. The van der Waals surface area contributed by atoms with Crippen LogP contribution in [-0.4, -0.2) is 11.9 Å². The van der Waals surface area contributed by atoms with Crippen LogP contribution < -0.4 is 4.74 Å². The number of benzene rings is 2. The number of rotatable bonds is 5. The van der Waals surface area contributed by atoms with Gasteiger partial charge in [0.1, 0.15) is 0 Å². The van der Waals surface area contributed by atoms with Gasteiger partial charge in [-0.3, -0.25) is 0 Å². The molecule has 0 aliphatic carbocycles. The van der Waals surface area contributed by atoms with Crippen LogP contribution in [0.3, 0.4) is 0 Å². The third-order valence-electron chi connectivity index (χ3n) is 2.81. The minimum Gasteiger partial charge on any atom is -0.490 e. The Labute approximate surface area is 131 Å². The Balaban J connectivity index is 2.09. The van der Waals surface area contributed by atoms with Gasteiger partial charge in [0.05, 0.1) is 16.7 Å². The minimum atomic E-state index is 0.258. The van der Waals surface area contributed by atoms with Gasteiger partial charge in [-0.25, -0.2) is 0 Å². The van der Waals surface area contributed by atoms with Crippen molar-refractivity contribution in [2.45, 2.75) is 5.92 Å². The van der Waals surface area contributed by atoms with Gasteiger partial charge in [-0.05, 0) is 17.7 Å². The van der Waals surface area contributed by atoms with Gasteiger partial charge in [-0.15, -0.1) is 0 Å². The van der Waals surface area contributed by atoms with E-state index in [1.54, 1.807) is 18.2 Å². The molecule has 2 aromatic rings. The molecule has 0 aliphatic rings. The van der Waals surface area contributed by atoms with Gasteiger partial charge >= 0.3 is 0 Å². The SMILES string of the molecule is Clc1cccc(Cl)c1OCC(CBr)c1ccccc1. The van der Waals surface area contributed by atoms with Crippen molar-refractivity contribution < 1.29 is 4.74 Å². The minimum absolute atomic E-state index is 0.258. The molecule has 4 heteroatoms. The number of para-hydroxylation sites is 1. The number of hydrogen-bond acceptors (Lipinski definition) is 1. The molecule has 19 heavy (non-hydrogen) atoms. The summed E-state index contributed by atoms with van der Waals surface area (Å²) in [6.07, 6.45) is 0. The molecule has 0 fully saturated rings. The van der Waals surface area contributed by atoms with Crippen molar-refractivity contribution in [1.82, 2.24) is 0 Å². The summed E-state index contributed by atoms with van der Waals surface area (Å²) in [5.41, 5.74) is 1.22. The first-order valence-electron chi connectivity index (χ1n) is 5.90. The zero-order chi connectivity index (χ0) is 13.7. The fourth-order valence-electron chi connectivity index (χ4n) is 1.76. The Kier molecular flexibility index (Phi) is 5.56. The van der Waals surface area contributed by atoms with E-state index in [1.807, 2.05) is 18.2 Å². The van der Waals surface area contributed by atoms with E-state index in [0.29, 0.717) is 22.4 Å². The molecule has 0 bridgehead atoms. The summed E-state index contributed by atoms with van der Waals surface area (Å²) in [5.74, 6) is 0.807. The van der Waals surface area contributed by atoms with E-state index >= 15 is 0 Å². The quantitative estimate of drug-likeness (QED) is 0.636. The van der Waals surface area contributed by atoms with E-state index in [2.05, 4.69) is 28.1 Å². The highest BCUT2D eigenvalue weighted by atomic mass is 79.9. The summed E-state index contributed by atoms with van der Waals surface area (Å²) in [4.78, 5) is 0. The first-order valence-corrected chi connectivity index (χ1v) is 7.78. The van der Waals surface area contributed by atoms with E-state index < -0.39 is 0 Å². The van der Waals surface area contributed by atoms with E-state index in [1.165, 1.54) is 5.56 Å². The van der Waals surface area contributed by atoms with E-state index in [9.17, 15) is 0 Å². The molecule has 0 radical (unpaired) electrons. The molecule has 0 spiro atoms. The average molecular weight is 360 g/mol. The summed E-state index contributed by atoms with van der Waals surface area (Å²) < 4.78 is 5.78. The van der Waals surface area contributed by atoms with Crippen molar-refractivity contribution in [1.29, 1.82) is 0 Å². The standard InChI is InChI=1S/C15H13BrCl2O/c16-9-12(11-5-2-1-3-6-11)10-19-15-13(17)7-4-8-14(15)18/h1-8,12H,9-10H2. The zero-order valence-electron chi connectivity index (χ0n) is 10.2. The summed E-state index contributed by atoms with van der Waals surface area (Å²) >= 11 is 15.7. The van der Waals surface area contributed by atoms with Crippen molar-refractivity contribution in [3.63, 3.8) is 0 Å². The Morgan fingerprint density at radius 2 is 1.58 bits per heavy atom. The van der Waals surface area contributed by atoms with Crippen molar-refractivity contribution in [3.05, 3.63) is 64.1 Å². The van der Waals surface area contributed by atoms with Gasteiger partial charge in [0.2, 0.25) is 0 Å². The van der Waals surface area contributed by atoms with Crippen LogP contribution in [0.2, 0.25) is 10.0 Å². The van der Waals surface area contributed by atoms with E-state index in [0.717, 1.165) is 5.33 Å². The smallest absolute Gasteiger partial charge is 0.156 e. The third-order valence-corrected chi connectivity index (χ3v) is 4.18. The maximum Gasteiger partial charge on any atom is 0.156 e. The fourth-order valence-corrected chi connectivity index (χ4v) is 2.83. The fraction of sp³-hybridized carbons (Fsp3) is 0.200. The van der Waals surface area contributed by atoms with Crippen LogP contribution in [0.4, 0.5) is 0 Å². The molecule has 1 atom stereocenters. The largest absolute Gasteiger partial charge is 0.490 e. The Morgan fingerprint density at radius 1 is 0.947 bits per heavy atom. The molecule has 2 aromatic carbocycles. The van der Waals surface area contributed by atoms with Crippen molar-refractivity contribution in [2.75, 3.05) is 11.9 Å². The lowest BCUT2D eigenvalue weighted by Crippen LogP contribution is -2.12. The molecule has 0 heterocycles. The van der Waals surface area contributed by atoms with Crippen LogP contribution in [0, 0.1) is 0 Å². The average Bonchev–Trinajstić information content (AvgIpc) is 2.43. The molecule has 2 rings (SSSR count). The maximum atomic E-state index is 6.08. The van der Waals surface area contributed by atoms with Crippen LogP contribution in [0.25, 0.3) is 0 Å². The Morgan fingerprint density at radius 3 is 2.16 bits per heavy atom. The number of hydrogen-bond donors (Lipinski definition) is 0. The van der Waals surface area contributed by atoms with Crippen molar-refractivity contribution in [3.8, 4) is 5.75 Å². The molecule has 0 aliphatic heterocycles.